The third kappa shape index (κ3) is 2.63. The SMILES string of the molecule is COCC(NC(=O)c1c(C)nc2ccnn2c1C)C1CC1. The van der Waals surface area contributed by atoms with Gasteiger partial charge in [-0.3, -0.25) is 4.79 Å². The number of nitrogens with one attached hydrogen (secondary N) is 1. The molecule has 0 bridgehead atoms. The van der Waals surface area contributed by atoms with Crippen molar-refractivity contribution in [2.75, 3.05) is 13.7 Å². The van der Waals surface area contributed by atoms with Crippen molar-refractivity contribution in [3.63, 3.8) is 0 Å². The number of ether oxygens (including phenoxy) is 1. The molecule has 1 amide bonds. The fourth-order valence-electron chi connectivity index (χ4n) is 2.78. The van der Waals surface area contributed by atoms with Gasteiger partial charge in [0.15, 0.2) is 5.65 Å². The first-order valence-corrected chi connectivity index (χ1v) is 7.22. The number of fused-ring (bicyclic) bond motifs is 1. The largest absolute Gasteiger partial charge is 0.383 e. The van der Waals surface area contributed by atoms with E-state index in [-0.39, 0.29) is 11.9 Å². The summed E-state index contributed by atoms with van der Waals surface area (Å²) in [6.07, 6.45) is 4.00. The second kappa shape index (κ2) is 5.44. The van der Waals surface area contributed by atoms with Crippen LogP contribution in [-0.2, 0) is 4.74 Å². The molecule has 3 rings (SSSR count). The molecule has 1 unspecified atom stereocenters. The van der Waals surface area contributed by atoms with Crippen LogP contribution in [-0.4, -0.2) is 40.3 Å². The van der Waals surface area contributed by atoms with Gasteiger partial charge in [-0.1, -0.05) is 0 Å². The third-order valence-electron chi connectivity index (χ3n) is 4.03. The van der Waals surface area contributed by atoms with Gasteiger partial charge in [0.1, 0.15) is 0 Å². The molecule has 0 aromatic carbocycles. The van der Waals surface area contributed by atoms with E-state index in [9.17, 15) is 4.79 Å². The van der Waals surface area contributed by atoms with Crippen LogP contribution < -0.4 is 5.32 Å². The highest BCUT2D eigenvalue weighted by atomic mass is 16.5. The van der Waals surface area contributed by atoms with Crippen LogP contribution >= 0.6 is 0 Å². The van der Waals surface area contributed by atoms with E-state index >= 15 is 0 Å². The zero-order valence-electron chi connectivity index (χ0n) is 12.6. The van der Waals surface area contributed by atoms with Crippen LogP contribution in [0.15, 0.2) is 12.3 Å². The number of carbonyl (C=O) groups excluding carboxylic acids is 1. The number of amides is 1. The fourth-order valence-corrected chi connectivity index (χ4v) is 2.78. The lowest BCUT2D eigenvalue weighted by Crippen LogP contribution is -2.40. The zero-order chi connectivity index (χ0) is 15.0. The minimum atomic E-state index is -0.0937. The quantitative estimate of drug-likeness (QED) is 0.905. The Balaban J connectivity index is 1.89. The molecule has 21 heavy (non-hydrogen) atoms. The molecule has 2 aromatic heterocycles. The van der Waals surface area contributed by atoms with Gasteiger partial charge in [0, 0.05) is 13.2 Å². The maximum atomic E-state index is 12.6. The van der Waals surface area contributed by atoms with E-state index in [2.05, 4.69) is 15.4 Å². The van der Waals surface area contributed by atoms with E-state index in [1.54, 1.807) is 17.8 Å². The second-order valence-electron chi connectivity index (χ2n) is 5.63. The van der Waals surface area contributed by atoms with Crippen molar-refractivity contribution in [2.45, 2.75) is 32.7 Å². The van der Waals surface area contributed by atoms with Gasteiger partial charge in [-0.2, -0.15) is 5.10 Å². The summed E-state index contributed by atoms with van der Waals surface area (Å²) < 4.78 is 6.91. The number of carbonyl (C=O) groups is 1. The minimum absolute atomic E-state index is 0.0784. The van der Waals surface area contributed by atoms with Gasteiger partial charge >= 0.3 is 0 Å². The second-order valence-corrected chi connectivity index (χ2v) is 5.63. The number of nitrogens with zero attached hydrogens (tertiary/aromatic N) is 3. The minimum Gasteiger partial charge on any atom is -0.383 e. The van der Waals surface area contributed by atoms with Crippen molar-refractivity contribution in [3.05, 3.63) is 29.2 Å². The first-order valence-electron chi connectivity index (χ1n) is 7.22. The van der Waals surface area contributed by atoms with E-state index in [0.29, 0.717) is 18.1 Å². The number of aromatic nitrogens is 3. The Labute approximate surface area is 123 Å². The molecule has 2 heterocycles. The summed E-state index contributed by atoms with van der Waals surface area (Å²) in [6.45, 7) is 4.30. The summed E-state index contributed by atoms with van der Waals surface area (Å²) in [5, 5.41) is 7.30. The molecular weight excluding hydrogens is 268 g/mol. The molecule has 112 valence electrons. The van der Waals surface area contributed by atoms with Crippen molar-refractivity contribution in [3.8, 4) is 0 Å². The van der Waals surface area contributed by atoms with Crippen LogP contribution in [0, 0.1) is 19.8 Å². The average Bonchev–Trinajstić information content (AvgIpc) is 3.17. The highest BCUT2D eigenvalue weighted by Gasteiger charge is 2.33. The average molecular weight is 288 g/mol. The Hall–Kier alpha value is -1.95. The van der Waals surface area contributed by atoms with E-state index in [1.165, 1.54) is 0 Å². The van der Waals surface area contributed by atoms with Crippen molar-refractivity contribution in [1.82, 2.24) is 19.9 Å². The standard InChI is InChI=1S/C15H20N4O2/c1-9-14(10(2)19-13(17-9)6-7-16-19)15(20)18-12(8-21-3)11-4-5-11/h6-7,11-12H,4-5,8H2,1-3H3,(H,18,20). The first-order chi connectivity index (χ1) is 10.1. The summed E-state index contributed by atoms with van der Waals surface area (Å²) in [5.74, 6) is 0.444. The summed E-state index contributed by atoms with van der Waals surface area (Å²) in [6, 6.07) is 1.91. The van der Waals surface area contributed by atoms with E-state index in [0.717, 1.165) is 29.9 Å². The van der Waals surface area contributed by atoms with Crippen LogP contribution in [0.2, 0.25) is 0 Å². The van der Waals surface area contributed by atoms with Gasteiger partial charge in [-0.05, 0) is 32.6 Å². The van der Waals surface area contributed by atoms with Gasteiger partial charge in [-0.15, -0.1) is 0 Å². The normalized spacial score (nSPS) is 16.1. The monoisotopic (exact) mass is 288 g/mol. The van der Waals surface area contributed by atoms with Gasteiger partial charge < -0.3 is 10.1 Å². The molecule has 2 aromatic rings. The Bertz CT molecular complexity index is 676. The molecule has 1 fully saturated rings. The Morgan fingerprint density at radius 3 is 2.95 bits per heavy atom. The molecule has 6 nitrogen and oxygen atoms in total. The molecule has 1 aliphatic rings. The number of rotatable bonds is 5. The molecule has 1 aliphatic carbocycles. The van der Waals surface area contributed by atoms with Gasteiger partial charge in [0.05, 0.1) is 35.8 Å². The zero-order valence-corrected chi connectivity index (χ0v) is 12.6. The predicted octanol–water partition coefficient (Wildman–Crippen LogP) is 1.50. The molecule has 1 saturated carbocycles. The number of hydrogen-bond donors (Lipinski definition) is 1. The Morgan fingerprint density at radius 2 is 2.29 bits per heavy atom. The molecule has 0 aliphatic heterocycles. The summed E-state index contributed by atoms with van der Waals surface area (Å²) in [5.41, 5.74) is 2.90. The van der Waals surface area contributed by atoms with Gasteiger partial charge in [0.2, 0.25) is 0 Å². The summed E-state index contributed by atoms with van der Waals surface area (Å²) in [4.78, 5) is 17.1. The number of methoxy groups -OCH3 is 1. The van der Waals surface area contributed by atoms with Crippen LogP contribution in [0.5, 0.6) is 0 Å². The lowest BCUT2D eigenvalue weighted by Gasteiger charge is -2.19. The van der Waals surface area contributed by atoms with Crippen LogP contribution in [0.4, 0.5) is 0 Å². The maximum Gasteiger partial charge on any atom is 0.255 e. The van der Waals surface area contributed by atoms with Crippen molar-refractivity contribution >= 4 is 11.6 Å². The van der Waals surface area contributed by atoms with E-state index in [4.69, 9.17) is 4.74 Å². The third-order valence-corrected chi connectivity index (χ3v) is 4.03. The van der Waals surface area contributed by atoms with Crippen LogP contribution in [0.3, 0.4) is 0 Å². The van der Waals surface area contributed by atoms with Gasteiger partial charge in [-0.25, -0.2) is 9.50 Å². The molecule has 0 saturated heterocycles. The van der Waals surface area contributed by atoms with Crippen LogP contribution in [0.25, 0.3) is 5.65 Å². The molecule has 1 N–H and O–H groups in total. The number of hydrogen-bond acceptors (Lipinski definition) is 4. The predicted molar refractivity (Wildman–Crippen MR) is 78.3 cm³/mol. The lowest BCUT2D eigenvalue weighted by atomic mass is 10.1. The van der Waals surface area contributed by atoms with E-state index in [1.807, 2.05) is 19.9 Å². The topological polar surface area (TPSA) is 68.5 Å². The Kier molecular flexibility index (Phi) is 3.63. The van der Waals surface area contributed by atoms with E-state index < -0.39 is 0 Å². The highest BCUT2D eigenvalue weighted by molar-refractivity contribution is 5.96. The van der Waals surface area contributed by atoms with Crippen molar-refractivity contribution in [2.24, 2.45) is 5.92 Å². The molecule has 1 atom stereocenters. The van der Waals surface area contributed by atoms with Crippen molar-refractivity contribution in [1.29, 1.82) is 0 Å². The van der Waals surface area contributed by atoms with Crippen molar-refractivity contribution < 1.29 is 9.53 Å². The molecule has 6 heteroatoms. The molecular formula is C15H20N4O2. The van der Waals surface area contributed by atoms with Crippen LogP contribution in [0.1, 0.15) is 34.6 Å². The number of aryl methyl sites for hydroxylation is 2. The summed E-state index contributed by atoms with van der Waals surface area (Å²) in [7, 11) is 1.66. The van der Waals surface area contributed by atoms with Gasteiger partial charge in [0.25, 0.3) is 5.91 Å². The first kappa shape index (κ1) is 14.0. The molecule has 0 radical (unpaired) electrons. The maximum absolute atomic E-state index is 12.6. The fraction of sp³-hybridized carbons (Fsp3) is 0.533. The lowest BCUT2D eigenvalue weighted by molar-refractivity contribution is 0.0881. The summed E-state index contributed by atoms with van der Waals surface area (Å²) >= 11 is 0. The smallest absolute Gasteiger partial charge is 0.255 e. The highest BCUT2D eigenvalue weighted by Crippen LogP contribution is 2.33. The molecule has 0 spiro atoms. The Morgan fingerprint density at radius 1 is 1.52 bits per heavy atom.